The number of nitrogens with one attached hydrogen (secondary N) is 1. The van der Waals surface area contributed by atoms with E-state index in [0.717, 1.165) is 38.8 Å². The molecule has 1 saturated heterocycles. The molecule has 2 aromatic rings. The molecule has 1 N–H and O–H groups in total. The van der Waals surface area contributed by atoms with E-state index >= 15 is 0 Å². The Morgan fingerprint density at radius 2 is 2.04 bits per heavy atom. The van der Waals surface area contributed by atoms with Crippen LogP contribution in [0.1, 0.15) is 41.6 Å². The van der Waals surface area contributed by atoms with Crippen LogP contribution in [0.25, 0.3) is 0 Å². The molecule has 4 rings (SSSR count). The number of rotatable bonds is 4. The minimum absolute atomic E-state index is 0.0567. The van der Waals surface area contributed by atoms with Crippen molar-refractivity contribution in [3.05, 3.63) is 53.6 Å². The van der Waals surface area contributed by atoms with Gasteiger partial charge in [-0.05, 0) is 48.8 Å². The lowest BCUT2D eigenvalue weighted by Crippen LogP contribution is -2.55. The second-order valence-electron chi connectivity index (χ2n) is 8.17. The standard InChI is InChI=1S/C21H25FN4O2/c1-25-14-16(13-23-25)20(28)24-18-11-21(12-18)5-7-26(8-6-21)19(27)10-15-3-2-4-17(22)9-15/h2-4,9,13-14,18H,5-8,10-12H2,1H3,(H,24,28). The minimum atomic E-state index is -0.309. The highest BCUT2D eigenvalue weighted by molar-refractivity contribution is 5.93. The summed E-state index contributed by atoms with van der Waals surface area (Å²) in [4.78, 5) is 26.6. The van der Waals surface area contributed by atoms with Crippen LogP contribution in [0, 0.1) is 11.2 Å². The molecule has 1 aliphatic heterocycles. The van der Waals surface area contributed by atoms with Crippen molar-refractivity contribution in [2.75, 3.05) is 13.1 Å². The van der Waals surface area contributed by atoms with Crippen molar-refractivity contribution in [1.82, 2.24) is 20.0 Å². The summed E-state index contributed by atoms with van der Waals surface area (Å²) in [6.07, 6.45) is 7.38. The van der Waals surface area contributed by atoms with Crippen LogP contribution in [0.15, 0.2) is 36.7 Å². The minimum Gasteiger partial charge on any atom is -0.349 e. The molecule has 6 nitrogen and oxygen atoms in total. The van der Waals surface area contributed by atoms with Gasteiger partial charge in [-0.15, -0.1) is 0 Å². The number of aryl methyl sites for hydroxylation is 1. The largest absolute Gasteiger partial charge is 0.349 e. The molecular weight excluding hydrogens is 359 g/mol. The Morgan fingerprint density at radius 1 is 1.29 bits per heavy atom. The number of aromatic nitrogens is 2. The highest BCUT2D eigenvalue weighted by Crippen LogP contribution is 2.49. The average molecular weight is 384 g/mol. The van der Waals surface area contributed by atoms with E-state index in [9.17, 15) is 14.0 Å². The van der Waals surface area contributed by atoms with E-state index in [1.807, 2.05) is 4.90 Å². The summed E-state index contributed by atoms with van der Waals surface area (Å²) in [6.45, 7) is 1.47. The van der Waals surface area contributed by atoms with Crippen molar-refractivity contribution in [1.29, 1.82) is 0 Å². The van der Waals surface area contributed by atoms with Gasteiger partial charge in [0.1, 0.15) is 5.82 Å². The fourth-order valence-corrected chi connectivity index (χ4v) is 4.47. The third-order valence-corrected chi connectivity index (χ3v) is 6.08. The Balaban J connectivity index is 1.23. The zero-order valence-corrected chi connectivity index (χ0v) is 16.0. The molecule has 2 fully saturated rings. The second-order valence-corrected chi connectivity index (χ2v) is 8.17. The summed E-state index contributed by atoms with van der Waals surface area (Å²) in [5.41, 5.74) is 1.54. The van der Waals surface area contributed by atoms with E-state index in [1.54, 1.807) is 36.3 Å². The summed E-state index contributed by atoms with van der Waals surface area (Å²) in [5.74, 6) is -0.325. The van der Waals surface area contributed by atoms with E-state index in [1.165, 1.54) is 12.1 Å². The van der Waals surface area contributed by atoms with Gasteiger partial charge in [-0.1, -0.05) is 12.1 Å². The number of likely N-dealkylation sites (tertiary alicyclic amines) is 1. The summed E-state index contributed by atoms with van der Waals surface area (Å²) in [5, 5.41) is 7.11. The number of halogens is 1. The van der Waals surface area contributed by atoms with Gasteiger partial charge in [-0.25, -0.2) is 4.39 Å². The van der Waals surface area contributed by atoms with Crippen LogP contribution in [-0.2, 0) is 18.3 Å². The molecule has 1 aliphatic carbocycles. The molecule has 28 heavy (non-hydrogen) atoms. The van der Waals surface area contributed by atoms with Crippen LogP contribution in [0.4, 0.5) is 4.39 Å². The van der Waals surface area contributed by atoms with Crippen LogP contribution in [0.2, 0.25) is 0 Å². The lowest BCUT2D eigenvalue weighted by Gasteiger charge is -2.52. The summed E-state index contributed by atoms with van der Waals surface area (Å²) in [7, 11) is 1.79. The van der Waals surface area contributed by atoms with Crippen LogP contribution in [0.3, 0.4) is 0 Å². The maximum Gasteiger partial charge on any atom is 0.254 e. The van der Waals surface area contributed by atoms with Crippen LogP contribution < -0.4 is 5.32 Å². The molecule has 148 valence electrons. The van der Waals surface area contributed by atoms with Gasteiger partial charge in [-0.3, -0.25) is 14.3 Å². The van der Waals surface area contributed by atoms with Crippen molar-refractivity contribution in [2.24, 2.45) is 12.5 Å². The predicted octanol–water partition coefficient (Wildman–Crippen LogP) is 2.30. The third kappa shape index (κ3) is 3.93. The number of hydrogen-bond acceptors (Lipinski definition) is 3. The molecule has 2 heterocycles. The van der Waals surface area contributed by atoms with Crippen LogP contribution in [0.5, 0.6) is 0 Å². The first-order valence-corrected chi connectivity index (χ1v) is 9.74. The molecule has 1 aromatic heterocycles. The Morgan fingerprint density at radius 3 is 2.68 bits per heavy atom. The summed E-state index contributed by atoms with van der Waals surface area (Å²) >= 11 is 0. The third-order valence-electron chi connectivity index (χ3n) is 6.08. The first-order chi connectivity index (χ1) is 13.4. The molecule has 1 spiro atoms. The van der Waals surface area contributed by atoms with Gasteiger partial charge in [0.25, 0.3) is 5.91 Å². The highest BCUT2D eigenvalue weighted by atomic mass is 19.1. The molecule has 7 heteroatoms. The topological polar surface area (TPSA) is 67.2 Å². The first-order valence-electron chi connectivity index (χ1n) is 9.74. The molecule has 2 aliphatic rings. The average Bonchev–Trinajstić information content (AvgIpc) is 3.07. The summed E-state index contributed by atoms with van der Waals surface area (Å²) in [6, 6.07) is 6.43. The van der Waals surface area contributed by atoms with Crippen molar-refractivity contribution in [3.63, 3.8) is 0 Å². The smallest absolute Gasteiger partial charge is 0.254 e. The predicted molar refractivity (Wildman–Crippen MR) is 102 cm³/mol. The number of benzene rings is 1. The van der Waals surface area contributed by atoms with Gasteiger partial charge in [0, 0.05) is 32.4 Å². The Bertz CT molecular complexity index is 878. The van der Waals surface area contributed by atoms with Gasteiger partial charge in [0.2, 0.25) is 5.91 Å². The molecule has 1 aromatic carbocycles. The van der Waals surface area contributed by atoms with Gasteiger partial charge >= 0.3 is 0 Å². The number of hydrogen-bond donors (Lipinski definition) is 1. The Kier molecular flexibility index (Phi) is 4.91. The lowest BCUT2D eigenvalue weighted by atomic mass is 9.60. The van der Waals surface area contributed by atoms with Crippen LogP contribution >= 0.6 is 0 Å². The van der Waals surface area contributed by atoms with Gasteiger partial charge in [0.05, 0.1) is 18.2 Å². The van der Waals surface area contributed by atoms with E-state index in [4.69, 9.17) is 0 Å². The zero-order chi connectivity index (χ0) is 19.7. The normalized spacial score (nSPS) is 18.7. The van der Waals surface area contributed by atoms with Crippen molar-refractivity contribution < 1.29 is 14.0 Å². The van der Waals surface area contributed by atoms with Gasteiger partial charge in [0.15, 0.2) is 0 Å². The van der Waals surface area contributed by atoms with E-state index < -0.39 is 0 Å². The fourth-order valence-electron chi connectivity index (χ4n) is 4.47. The second kappa shape index (κ2) is 7.37. The van der Waals surface area contributed by atoms with Crippen molar-refractivity contribution >= 4 is 11.8 Å². The number of carbonyl (C=O) groups is 2. The number of amides is 2. The SMILES string of the molecule is Cn1cc(C(=O)NC2CC3(CCN(C(=O)Cc4cccc(F)c4)CC3)C2)cn1. The molecule has 0 bridgehead atoms. The fraction of sp³-hybridized carbons (Fsp3) is 0.476. The number of carbonyl (C=O) groups excluding carboxylic acids is 2. The van der Waals surface area contributed by atoms with Crippen molar-refractivity contribution in [2.45, 2.75) is 38.1 Å². The van der Waals surface area contributed by atoms with Gasteiger partial charge < -0.3 is 10.2 Å². The highest BCUT2D eigenvalue weighted by Gasteiger charge is 2.46. The number of nitrogens with zero attached hydrogens (tertiary/aromatic N) is 3. The molecule has 2 amide bonds. The quantitative estimate of drug-likeness (QED) is 0.880. The molecular formula is C21H25FN4O2. The monoisotopic (exact) mass is 384 g/mol. The lowest BCUT2D eigenvalue weighted by molar-refractivity contribution is -0.134. The number of piperidine rings is 1. The molecule has 1 saturated carbocycles. The zero-order valence-electron chi connectivity index (χ0n) is 16.0. The summed E-state index contributed by atoms with van der Waals surface area (Å²) < 4.78 is 14.9. The Hall–Kier alpha value is -2.70. The maximum absolute atomic E-state index is 13.3. The maximum atomic E-state index is 13.3. The first kappa shape index (κ1) is 18.7. The van der Waals surface area contributed by atoms with Crippen LogP contribution in [-0.4, -0.2) is 45.6 Å². The van der Waals surface area contributed by atoms with Crippen molar-refractivity contribution in [3.8, 4) is 0 Å². The Labute approximate surface area is 163 Å². The van der Waals surface area contributed by atoms with E-state index in [-0.39, 0.29) is 35.5 Å². The molecule has 0 atom stereocenters. The van der Waals surface area contributed by atoms with E-state index in [0.29, 0.717) is 11.1 Å². The molecule has 0 radical (unpaired) electrons. The van der Waals surface area contributed by atoms with Gasteiger partial charge in [-0.2, -0.15) is 5.10 Å². The molecule has 0 unspecified atom stereocenters. The van der Waals surface area contributed by atoms with E-state index in [2.05, 4.69) is 10.4 Å².